The molecule has 2 aliphatic rings. The van der Waals surface area contributed by atoms with Crippen LogP contribution in [0.15, 0.2) is 0 Å². The first-order chi connectivity index (χ1) is 7.86. The maximum atomic E-state index is 3.81. The van der Waals surface area contributed by atoms with Crippen molar-refractivity contribution in [3.63, 3.8) is 0 Å². The van der Waals surface area contributed by atoms with E-state index in [1.54, 1.807) is 0 Å². The van der Waals surface area contributed by atoms with E-state index in [0.717, 1.165) is 17.9 Å². The Labute approximate surface area is 105 Å². The molecule has 0 aromatic heterocycles. The van der Waals surface area contributed by atoms with Crippen LogP contribution in [0.3, 0.4) is 0 Å². The number of hydrogen-bond donors (Lipinski definition) is 1. The first-order valence-corrected chi connectivity index (χ1v) is 8.33. The molecule has 1 nitrogen and oxygen atoms in total. The van der Waals surface area contributed by atoms with Crippen LogP contribution in [-0.2, 0) is 0 Å². The summed E-state index contributed by atoms with van der Waals surface area (Å²) in [6.45, 7) is 3.69. The van der Waals surface area contributed by atoms with Gasteiger partial charge in [-0.05, 0) is 62.5 Å². The third kappa shape index (κ3) is 3.96. The smallest absolute Gasteiger partial charge is 0.00671 e. The maximum absolute atomic E-state index is 3.81. The van der Waals surface area contributed by atoms with E-state index in [0.29, 0.717) is 0 Å². The highest BCUT2D eigenvalue weighted by Crippen LogP contribution is 2.27. The molecule has 1 aliphatic carbocycles. The van der Waals surface area contributed by atoms with Gasteiger partial charge in [0.2, 0.25) is 0 Å². The van der Waals surface area contributed by atoms with E-state index in [9.17, 15) is 0 Å². The van der Waals surface area contributed by atoms with Crippen molar-refractivity contribution >= 4 is 11.8 Å². The normalized spacial score (nSPS) is 26.8. The van der Waals surface area contributed by atoms with Crippen molar-refractivity contribution in [2.45, 2.75) is 57.9 Å². The summed E-state index contributed by atoms with van der Waals surface area (Å²) in [7, 11) is 0. The number of rotatable bonds is 4. The molecule has 94 valence electrons. The molecule has 1 atom stereocenters. The molecule has 1 heterocycles. The molecule has 1 saturated heterocycles. The molecule has 0 amide bonds. The van der Waals surface area contributed by atoms with E-state index in [1.807, 2.05) is 0 Å². The van der Waals surface area contributed by atoms with Gasteiger partial charge >= 0.3 is 0 Å². The number of hydrogen-bond acceptors (Lipinski definition) is 2. The van der Waals surface area contributed by atoms with Gasteiger partial charge < -0.3 is 5.32 Å². The first-order valence-electron chi connectivity index (χ1n) is 7.17. The Morgan fingerprint density at radius 2 is 1.75 bits per heavy atom. The topological polar surface area (TPSA) is 12.0 Å². The lowest BCUT2D eigenvalue weighted by Crippen LogP contribution is -2.38. The number of thioether (sulfide) groups is 1. The van der Waals surface area contributed by atoms with Gasteiger partial charge in [0.25, 0.3) is 0 Å². The van der Waals surface area contributed by atoms with Gasteiger partial charge in [-0.2, -0.15) is 11.8 Å². The quantitative estimate of drug-likeness (QED) is 0.805. The van der Waals surface area contributed by atoms with Crippen molar-refractivity contribution < 1.29 is 0 Å². The fourth-order valence-corrected chi connectivity index (χ4v) is 4.31. The molecule has 0 radical (unpaired) electrons. The lowest BCUT2D eigenvalue weighted by molar-refractivity contribution is 0.269. The molecular weight excluding hydrogens is 214 g/mol. The summed E-state index contributed by atoms with van der Waals surface area (Å²) in [6.07, 6.45) is 10.2. The zero-order valence-electron chi connectivity index (χ0n) is 10.7. The largest absolute Gasteiger partial charge is 0.314 e. The maximum Gasteiger partial charge on any atom is 0.00671 e. The summed E-state index contributed by atoms with van der Waals surface area (Å²) in [5.74, 6) is 4.72. The molecule has 0 aromatic carbocycles. The Kier molecular flexibility index (Phi) is 5.51. The van der Waals surface area contributed by atoms with Gasteiger partial charge in [-0.15, -0.1) is 0 Å². The Bertz CT molecular complexity index is 183. The third-order valence-electron chi connectivity index (χ3n) is 4.43. The Morgan fingerprint density at radius 3 is 2.44 bits per heavy atom. The minimum Gasteiger partial charge on any atom is -0.314 e. The van der Waals surface area contributed by atoms with Gasteiger partial charge in [-0.1, -0.05) is 19.3 Å². The van der Waals surface area contributed by atoms with Crippen molar-refractivity contribution in [1.29, 1.82) is 0 Å². The van der Waals surface area contributed by atoms with Crippen LogP contribution in [0.25, 0.3) is 0 Å². The van der Waals surface area contributed by atoms with Crippen LogP contribution in [0.2, 0.25) is 0 Å². The van der Waals surface area contributed by atoms with Crippen LogP contribution in [0.1, 0.15) is 51.9 Å². The minimum absolute atomic E-state index is 0.759. The predicted molar refractivity (Wildman–Crippen MR) is 74.1 cm³/mol. The monoisotopic (exact) mass is 241 g/mol. The zero-order chi connectivity index (χ0) is 11.2. The molecule has 2 rings (SSSR count). The summed E-state index contributed by atoms with van der Waals surface area (Å²) in [5.41, 5.74) is 0. The summed E-state index contributed by atoms with van der Waals surface area (Å²) >= 11 is 2.13. The van der Waals surface area contributed by atoms with Crippen molar-refractivity contribution in [2.24, 2.45) is 11.8 Å². The Balaban J connectivity index is 1.63. The van der Waals surface area contributed by atoms with Gasteiger partial charge in [0.15, 0.2) is 0 Å². The lowest BCUT2D eigenvalue weighted by Gasteiger charge is -2.30. The van der Waals surface area contributed by atoms with E-state index >= 15 is 0 Å². The molecule has 1 N–H and O–H groups in total. The Morgan fingerprint density at radius 1 is 1.06 bits per heavy atom. The first kappa shape index (κ1) is 12.8. The standard InChI is InChI=1S/C14H27NS/c1-12(14-5-3-2-4-6-14)15-11-13-7-9-16-10-8-13/h12-15H,2-11H2,1H3. The fraction of sp³-hybridized carbons (Fsp3) is 1.00. The van der Waals surface area contributed by atoms with Crippen LogP contribution in [0.4, 0.5) is 0 Å². The summed E-state index contributed by atoms with van der Waals surface area (Å²) in [6, 6.07) is 0.759. The molecular formula is C14H27NS. The Hall–Kier alpha value is 0.310. The minimum atomic E-state index is 0.759. The third-order valence-corrected chi connectivity index (χ3v) is 5.48. The highest BCUT2D eigenvalue weighted by atomic mass is 32.2. The van der Waals surface area contributed by atoms with Crippen molar-refractivity contribution in [3.8, 4) is 0 Å². The van der Waals surface area contributed by atoms with E-state index in [-0.39, 0.29) is 0 Å². The van der Waals surface area contributed by atoms with Gasteiger partial charge in [-0.3, -0.25) is 0 Å². The second-order valence-corrected chi connectivity index (χ2v) is 6.88. The number of nitrogens with one attached hydrogen (secondary N) is 1. The van der Waals surface area contributed by atoms with Crippen LogP contribution in [0, 0.1) is 11.8 Å². The molecule has 0 bridgehead atoms. The SMILES string of the molecule is CC(NCC1CCSCC1)C1CCCCC1. The highest BCUT2D eigenvalue weighted by molar-refractivity contribution is 7.99. The van der Waals surface area contributed by atoms with E-state index in [2.05, 4.69) is 24.0 Å². The van der Waals surface area contributed by atoms with E-state index < -0.39 is 0 Å². The van der Waals surface area contributed by atoms with Gasteiger partial charge in [0.05, 0.1) is 0 Å². The van der Waals surface area contributed by atoms with Crippen molar-refractivity contribution in [1.82, 2.24) is 5.32 Å². The van der Waals surface area contributed by atoms with Gasteiger partial charge in [0.1, 0.15) is 0 Å². The van der Waals surface area contributed by atoms with Gasteiger partial charge in [-0.25, -0.2) is 0 Å². The molecule has 2 heteroatoms. The molecule has 2 fully saturated rings. The van der Waals surface area contributed by atoms with Crippen LogP contribution in [0.5, 0.6) is 0 Å². The molecule has 1 unspecified atom stereocenters. The van der Waals surface area contributed by atoms with Crippen LogP contribution < -0.4 is 5.32 Å². The molecule has 16 heavy (non-hydrogen) atoms. The molecule has 1 saturated carbocycles. The molecule has 1 aliphatic heterocycles. The van der Waals surface area contributed by atoms with Crippen molar-refractivity contribution in [2.75, 3.05) is 18.1 Å². The molecule has 0 spiro atoms. The zero-order valence-corrected chi connectivity index (χ0v) is 11.5. The van der Waals surface area contributed by atoms with Crippen LogP contribution >= 0.6 is 11.8 Å². The van der Waals surface area contributed by atoms with E-state index in [1.165, 1.54) is 63.0 Å². The van der Waals surface area contributed by atoms with E-state index in [4.69, 9.17) is 0 Å². The lowest BCUT2D eigenvalue weighted by atomic mass is 9.84. The van der Waals surface area contributed by atoms with Gasteiger partial charge in [0, 0.05) is 6.04 Å². The van der Waals surface area contributed by atoms with Crippen molar-refractivity contribution in [3.05, 3.63) is 0 Å². The fourth-order valence-electron chi connectivity index (χ4n) is 3.10. The van der Waals surface area contributed by atoms with Crippen LogP contribution in [-0.4, -0.2) is 24.1 Å². The second kappa shape index (κ2) is 6.90. The second-order valence-electron chi connectivity index (χ2n) is 5.65. The highest BCUT2D eigenvalue weighted by Gasteiger charge is 2.21. The average Bonchev–Trinajstić information content (AvgIpc) is 2.38. The predicted octanol–water partition coefficient (Wildman–Crippen LogP) is 3.69. The summed E-state index contributed by atoms with van der Waals surface area (Å²) in [4.78, 5) is 0. The average molecular weight is 241 g/mol. The summed E-state index contributed by atoms with van der Waals surface area (Å²) in [5, 5.41) is 3.81. The molecule has 0 aromatic rings. The summed E-state index contributed by atoms with van der Waals surface area (Å²) < 4.78 is 0.